The van der Waals surface area contributed by atoms with E-state index < -0.39 is 11.6 Å². The van der Waals surface area contributed by atoms with Gasteiger partial charge in [0.25, 0.3) is 0 Å². The van der Waals surface area contributed by atoms with Gasteiger partial charge in [0.2, 0.25) is 0 Å². The van der Waals surface area contributed by atoms with E-state index in [0.717, 1.165) is 12.6 Å². The summed E-state index contributed by atoms with van der Waals surface area (Å²) in [7, 11) is 0. The van der Waals surface area contributed by atoms with Crippen LogP contribution >= 0.6 is 12.4 Å². The number of benzene rings is 1. The third-order valence-electron chi connectivity index (χ3n) is 3.54. The van der Waals surface area contributed by atoms with E-state index in [1.165, 1.54) is 31.4 Å². The number of hydrogen-bond acceptors (Lipinski definition) is 1. The summed E-state index contributed by atoms with van der Waals surface area (Å²) >= 11 is 0. The molecule has 17 heavy (non-hydrogen) atoms. The van der Waals surface area contributed by atoms with E-state index in [1.807, 2.05) is 0 Å². The summed E-state index contributed by atoms with van der Waals surface area (Å²) in [5.74, 6) is -0.984. The average Bonchev–Trinajstić information content (AvgIpc) is 3.02. The van der Waals surface area contributed by atoms with E-state index >= 15 is 0 Å². The van der Waals surface area contributed by atoms with Crippen LogP contribution in [0.4, 0.5) is 8.78 Å². The molecule has 1 N–H and O–H groups in total. The second kappa shape index (κ2) is 5.78. The van der Waals surface area contributed by atoms with Gasteiger partial charge in [-0.2, -0.15) is 0 Å². The minimum absolute atomic E-state index is 0. The molecule has 0 atom stereocenters. The molecule has 1 aliphatic rings. The third-order valence-corrected chi connectivity index (χ3v) is 3.54. The van der Waals surface area contributed by atoms with Gasteiger partial charge in [-0.1, -0.05) is 13.0 Å². The zero-order valence-electron chi connectivity index (χ0n) is 9.93. The average molecular weight is 262 g/mol. The number of halogens is 3. The predicted octanol–water partition coefficient (Wildman–Crippen LogP) is 3.67. The summed E-state index contributed by atoms with van der Waals surface area (Å²) in [6.45, 7) is 3.60. The first-order valence-electron chi connectivity index (χ1n) is 5.80. The van der Waals surface area contributed by atoms with Crippen LogP contribution in [0.25, 0.3) is 0 Å². The molecule has 0 aromatic heterocycles. The highest BCUT2D eigenvalue weighted by Crippen LogP contribution is 2.47. The molecule has 1 saturated carbocycles. The van der Waals surface area contributed by atoms with Crippen LogP contribution in [0.5, 0.6) is 0 Å². The van der Waals surface area contributed by atoms with Crippen molar-refractivity contribution >= 4 is 12.4 Å². The van der Waals surface area contributed by atoms with Gasteiger partial charge >= 0.3 is 0 Å². The van der Waals surface area contributed by atoms with Crippen molar-refractivity contribution in [3.63, 3.8) is 0 Å². The molecule has 1 aromatic carbocycles. The van der Waals surface area contributed by atoms with Gasteiger partial charge in [0.15, 0.2) is 0 Å². The molecule has 1 aromatic rings. The molecule has 0 spiro atoms. The zero-order valence-corrected chi connectivity index (χ0v) is 10.7. The van der Waals surface area contributed by atoms with Gasteiger partial charge in [-0.25, -0.2) is 8.78 Å². The molecule has 4 heteroatoms. The molecule has 0 aliphatic heterocycles. The Morgan fingerprint density at radius 3 is 2.53 bits per heavy atom. The Morgan fingerprint density at radius 1 is 1.29 bits per heavy atom. The Morgan fingerprint density at radius 2 is 2.00 bits per heavy atom. The van der Waals surface area contributed by atoms with Crippen LogP contribution in [-0.2, 0) is 6.54 Å². The maximum Gasteiger partial charge on any atom is 0.130 e. The third kappa shape index (κ3) is 3.65. The molecule has 0 heterocycles. The van der Waals surface area contributed by atoms with E-state index in [4.69, 9.17) is 0 Å². The van der Waals surface area contributed by atoms with Crippen molar-refractivity contribution in [2.75, 3.05) is 6.54 Å². The first-order valence-corrected chi connectivity index (χ1v) is 5.80. The summed E-state index contributed by atoms with van der Waals surface area (Å²) in [5, 5.41) is 3.25. The van der Waals surface area contributed by atoms with Gasteiger partial charge < -0.3 is 5.32 Å². The van der Waals surface area contributed by atoms with Gasteiger partial charge in [-0.05, 0) is 30.7 Å². The fraction of sp³-hybridized carbons (Fsp3) is 0.538. The van der Waals surface area contributed by atoms with Crippen molar-refractivity contribution in [1.82, 2.24) is 5.32 Å². The molecule has 0 amide bonds. The second-order valence-corrected chi connectivity index (χ2v) is 4.69. The fourth-order valence-electron chi connectivity index (χ4n) is 1.96. The van der Waals surface area contributed by atoms with Crippen LogP contribution in [0.2, 0.25) is 0 Å². The zero-order chi connectivity index (χ0) is 11.6. The van der Waals surface area contributed by atoms with Crippen molar-refractivity contribution in [3.05, 3.63) is 35.4 Å². The van der Waals surface area contributed by atoms with Crippen LogP contribution in [0.15, 0.2) is 18.2 Å². The van der Waals surface area contributed by atoms with Gasteiger partial charge in [0.05, 0.1) is 0 Å². The van der Waals surface area contributed by atoms with Gasteiger partial charge in [-0.3, -0.25) is 0 Å². The highest BCUT2D eigenvalue weighted by molar-refractivity contribution is 5.85. The molecule has 0 radical (unpaired) electrons. The Labute approximate surface area is 107 Å². The smallest absolute Gasteiger partial charge is 0.130 e. The number of rotatable bonds is 5. The Bertz CT molecular complexity index is 378. The second-order valence-electron chi connectivity index (χ2n) is 4.69. The molecular formula is C13H18ClF2N. The Kier molecular flexibility index (Phi) is 4.90. The monoisotopic (exact) mass is 261 g/mol. The lowest BCUT2D eigenvalue weighted by molar-refractivity contribution is 0.439. The maximum absolute atomic E-state index is 13.3. The van der Waals surface area contributed by atoms with Gasteiger partial charge in [0, 0.05) is 24.7 Å². The van der Waals surface area contributed by atoms with Crippen molar-refractivity contribution in [3.8, 4) is 0 Å². The van der Waals surface area contributed by atoms with Crippen molar-refractivity contribution in [1.29, 1.82) is 0 Å². The fourth-order valence-corrected chi connectivity index (χ4v) is 1.96. The first-order chi connectivity index (χ1) is 7.65. The van der Waals surface area contributed by atoms with Crippen molar-refractivity contribution < 1.29 is 8.78 Å². The van der Waals surface area contributed by atoms with E-state index in [9.17, 15) is 8.78 Å². The Hall–Kier alpha value is -0.670. The number of hydrogen-bond donors (Lipinski definition) is 1. The lowest BCUT2D eigenvalue weighted by Gasteiger charge is -2.13. The van der Waals surface area contributed by atoms with Crippen LogP contribution in [0, 0.1) is 17.0 Å². The van der Waals surface area contributed by atoms with Gasteiger partial charge in [-0.15, -0.1) is 12.4 Å². The normalized spacial score (nSPS) is 16.4. The molecule has 0 bridgehead atoms. The largest absolute Gasteiger partial charge is 0.312 e. The molecule has 96 valence electrons. The summed E-state index contributed by atoms with van der Waals surface area (Å²) < 4.78 is 26.0. The standard InChI is InChI=1S/C13H17F2N.ClH/c1-2-13(5-6-13)9-16-8-10-3-4-11(14)7-12(10)15;/h3-4,7,16H,2,5-6,8-9H2,1H3;1H. The highest BCUT2D eigenvalue weighted by Gasteiger charge is 2.39. The summed E-state index contributed by atoms with van der Waals surface area (Å²) in [6, 6.07) is 3.74. The van der Waals surface area contributed by atoms with E-state index in [2.05, 4.69) is 12.2 Å². The summed E-state index contributed by atoms with van der Waals surface area (Å²) in [4.78, 5) is 0. The molecule has 0 unspecified atom stereocenters. The van der Waals surface area contributed by atoms with Gasteiger partial charge in [0.1, 0.15) is 11.6 Å². The molecule has 0 saturated heterocycles. The summed E-state index contributed by atoms with van der Waals surface area (Å²) in [6.07, 6.45) is 3.71. The van der Waals surface area contributed by atoms with Crippen LogP contribution in [-0.4, -0.2) is 6.54 Å². The highest BCUT2D eigenvalue weighted by atomic mass is 35.5. The molecule has 1 aliphatic carbocycles. The lowest BCUT2D eigenvalue weighted by atomic mass is 10.0. The minimum atomic E-state index is -0.520. The van der Waals surface area contributed by atoms with Crippen LogP contribution in [0.1, 0.15) is 31.7 Å². The quantitative estimate of drug-likeness (QED) is 0.853. The van der Waals surface area contributed by atoms with E-state index in [0.29, 0.717) is 17.5 Å². The van der Waals surface area contributed by atoms with Crippen molar-refractivity contribution in [2.24, 2.45) is 5.41 Å². The minimum Gasteiger partial charge on any atom is -0.312 e. The van der Waals surface area contributed by atoms with E-state index in [1.54, 1.807) is 0 Å². The molecule has 2 rings (SSSR count). The van der Waals surface area contributed by atoms with Crippen LogP contribution in [0.3, 0.4) is 0 Å². The Balaban J connectivity index is 0.00000144. The SMILES string of the molecule is CCC1(CNCc2ccc(F)cc2F)CC1.Cl. The van der Waals surface area contributed by atoms with Crippen LogP contribution < -0.4 is 5.32 Å². The first kappa shape index (κ1) is 14.4. The molecule has 1 nitrogen and oxygen atoms in total. The van der Waals surface area contributed by atoms with Crippen molar-refractivity contribution in [2.45, 2.75) is 32.7 Å². The maximum atomic E-state index is 13.3. The number of nitrogens with one attached hydrogen (secondary N) is 1. The topological polar surface area (TPSA) is 12.0 Å². The summed E-state index contributed by atoms with van der Waals surface area (Å²) in [5.41, 5.74) is 0.990. The van der Waals surface area contributed by atoms with E-state index in [-0.39, 0.29) is 12.4 Å². The predicted molar refractivity (Wildman–Crippen MR) is 67.3 cm³/mol. The lowest BCUT2D eigenvalue weighted by Crippen LogP contribution is -2.23. The molecular weight excluding hydrogens is 244 g/mol. The molecule has 1 fully saturated rings.